The van der Waals surface area contributed by atoms with Gasteiger partial charge < -0.3 is 20.3 Å². The molecule has 3 N–H and O–H groups in total. The normalized spacial score (nSPS) is 13.8. The van der Waals surface area contributed by atoms with E-state index in [9.17, 15) is 19.8 Å². The largest absolute Gasteiger partial charge is 0.458 e. The minimum absolute atomic E-state index is 0.0507. The molecule has 0 aromatic heterocycles. The molecule has 62 heavy (non-hydrogen) atoms. The predicted molar refractivity (Wildman–Crippen MR) is 268 cm³/mol. The lowest BCUT2D eigenvalue weighted by Gasteiger charge is -2.23. The molecule has 0 aromatic rings. The van der Waals surface area contributed by atoms with Gasteiger partial charge in [0.1, 0.15) is 6.10 Å². The Bertz CT molecular complexity index is 1150. The van der Waals surface area contributed by atoms with E-state index in [-0.39, 0.29) is 24.9 Å². The molecule has 0 saturated heterocycles. The Kier molecular flexibility index (Phi) is 47.2. The summed E-state index contributed by atoms with van der Waals surface area (Å²) in [5.41, 5.74) is 0. The Balaban J connectivity index is 4.72. The van der Waals surface area contributed by atoms with Crippen molar-refractivity contribution in [2.24, 2.45) is 0 Å². The molecule has 0 heterocycles. The maximum atomic E-state index is 13.2. The summed E-state index contributed by atoms with van der Waals surface area (Å²) in [6, 6.07) is -0.745. The third-order valence-corrected chi connectivity index (χ3v) is 11.5. The summed E-state index contributed by atoms with van der Waals surface area (Å²) in [6.07, 6.45) is 62.8. The molecule has 0 saturated carbocycles. The maximum absolute atomic E-state index is 13.2. The number of allylic oxidation sites excluding steroid dienone is 11. The van der Waals surface area contributed by atoms with E-state index in [0.29, 0.717) is 19.3 Å². The van der Waals surface area contributed by atoms with Gasteiger partial charge in [0.15, 0.2) is 0 Å². The molecule has 0 spiro atoms. The SMILES string of the molecule is CC/C=C/C/C=C/C/C=C/C/C=C/C/C=C/C(CC(=O)NC(CO)C(O)CCCCCCCCCCCCCCC)OC(=O)CCCCCCC/C=C/CCCCCCCCC. The van der Waals surface area contributed by atoms with Gasteiger partial charge >= 0.3 is 5.97 Å². The van der Waals surface area contributed by atoms with Crippen molar-refractivity contribution >= 4 is 11.9 Å². The highest BCUT2D eigenvalue weighted by Crippen LogP contribution is 2.16. The lowest BCUT2D eigenvalue weighted by atomic mass is 10.0. The van der Waals surface area contributed by atoms with E-state index in [2.05, 4.69) is 86.8 Å². The molecule has 0 aliphatic heterocycles. The molecular weight excluding hydrogens is 767 g/mol. The van der Waals surface area contributed by atoms with Gasteiger partial charge in [0.2, 0.25) is 5.91 Å². The summed E-state index contributed by atoms with van der Waals surface area (Å²) >= 11 is 0. The Morgan fingerprint density at radius 3 is 1.35 bits per heavy atom. The van der Waals surface area contributed by atoms with E-state index >= 15 is 0 Å². The minimum Gasteiger partial charge on any atom is -0.458 e. The lowest BCUT2D eigenvalue weighted by Crippen LogP contribution is -2.46. The van der Waals surface area contributed by atoms with E-state index in [1.165, 1.54) is 122 Å². The van der Waals surface area contributed by atoms with Crippen molar-refractivity contribution in [3.05, 3.63) is 72.9 Å². The fourth-order valence-corrected chi connectivity index (χ4v) is 7.56. The van der Waals surface area contributed by atoms with E-state index in [1.54, 1.807) is 6.08 Å². The topological polar surface area (TPSA) is 95.9 Å². The summed E-state index contributed by atoms with van der Waals surface area (Å²) in [6.45, 7) is 6.33. The minimum atomic E-state index is -0.822. The molecule has 0 bridgehead atoms. The van der Waals surface area contributed by atoms with Crippen LogP contribution in [-0.4, -0.2) is 46.9 Å². The second-order valence-corrected chi connectivity index (χ2v) is 17.5. The average molecular weight is 866 g/mol. The number of aliphatic hydroxyl groups is 2. The van der Waals surface area contributed by atoms with Gasteiger partial charge in [0, 0.05) is 6.42 Å². The quantitative estimate of drug-likeness (QED) is 0.0322. The highest BCUT2D eigenvalue weighted by atomic mass is 16.5. The zero-order valence-electron chi connectivity index (χ0n) is 40.7. The van der Waals surface area contributed by atoms with E-state index in [1.807, 2.05) is 6.08 Å². The molecular formula is C56H99NO5. The van der Waals surface area contributed by atoms with Gasteiger partial charge in [-0.2, -0.15) is 0 Å². The van der Waals surface area contributed by atoms with Crippen molar-refractivity contribution in [2.75, 3.05) is 6.61 Å². The summed E-state index contributed by atoms with van der Waals surface area (Å²) in [5.74, 6) is -0.638. The summed E-state index contributed by atoms with van der Waals surface area (Å²) in [5, 5.41) is 23.7. The molecule has 0 radical (unpaired) electrons. The Hall–Kier alpha value is -2.70. The number of hydrogen-bond donors (Lipinski definition) is 3. The average Bonchev–Trinajstić information content (AvgIpc) is 3.26. The van der Waals surface area contributed by atoms with Crippen LogP contribution in [0.4, 0.5) is 0 Å². The molecule has 358 valence electrons. The number of aliphatic hydroxyl groups excluding tert-OH is 2. The monoisotopic (exact) mass is 866 g/mol. The maximum Gasteiger partial charge on any atom is 0.306 e. The Morgan fingerprint density at radius 1 is 0.500 bits per heavy atom. The molecule has 0 fully saturated rings. The first-order valence-electron chi connectivity index (χ1n) is 26.2. The van der Waals surface area contributed by atoms with Crippen molar-refractivity contribution in [1.29, 1.82) is 0 Å². The highest BCUT2D eigenvalue weighted by molar-refractivity contribution is 5.78. The fourth-order valence-electron chi connectivity index (χ4n) is 7.56. The Labute approximate surface area is 383 Å². The van der Waals surface area contributed by atoms with Crippen molar-refractivity contribution in [3.8, 4) is 0 Å². The van der Waals surface area contributed by atoms with Crippen LogP contribution in [0.3, 0.4) is 0 Å². The fraction of sp³-hybridized carbons (Fsp3) is 0.750. The zero-order chi connectivity index (χ0) is 45.2. The Morgan fingerprint density at radius 2 is 0.903 bits per heavy atom. The van der Waals surface area contributed by atoms with Gasteiger partial charge in [-0.3, -0.25) is 9.59 Å². The van der Waals surface area contributed by atoms with Gasteiger partial charge in [0.25, 0.3) is 0 Å². The van der Waals surface area contributed by atoms with Gasteiger partial charge in [-0.1, -0.05) is 229 Å². The van der Waals surface area contributed by atoms with Gasteiger partial charge in [-0.25, -0.2) is 0 Å². The van der Waals surface area contributed by atoms with Crippen LogP contribution in [0.1, 0.15) is 245 Å². The zero-order valence-corrected chi connectivity index (χ0v) is 40.7. The van der Waals surface area contributed by atoms with Gasteiger partial charge in [-0.15, -0.1) is 0 Å². The first kappa shape index (κ1) is 59.3. The van der Waals surface area contributed by atoms with Crippen LogP contribution in [0.25, 0.3) is 0 Å². The number of carbonyl (C=O) groups excluding carboxylic acids is 2. The predicted octanol–water partition coefficient (Wildman–Crippen LogP) is 15.8. The van der Waals surface area contributed by atoms with Crippen molar-refractivity contribution < 1.29 is 24.5 Å². The van der Waals surface area contributed by atoms with Crippen LogP contribution in [0.15, 0.2) is 72.9 Å². The molecule has 0 aromatic carbocycles. The molecule has 3 unspecified atom stereocenters. The number of hydrogen-bond acceptors (Lipinski definition) is 5. The van der Waals surface area contributed by atoms with Crippen LogP contribution >= 0.6 is 0 Å². The van der Waals surface area contributed by atoms with Crippen LogP contribution < -0.4 is 5.32 Å². The second kappa shape index (κ2) is 49.3. The first-order valence-corrected chi connectivity index (χ1v) is 26.2. The number of unbranched alkanes of at least 4 members (excludes halogenated alkanes) is 24. The van der Waals surface area contributed by atoms with Crippen LogP contribution in [0.2, 0.25) is 0 Å². The molecule has 3 atom stereocenters. The molecule has 0 aliphatic rings. The number of nitrogens with one attached hydrogen (secondary N) is 1. The first-order chi connectivity index (χ1) is 30.5. The third-order valence-electron chi connectivity index (χ3n) is 11.5. The van der Waals surface area contributed by atoms with Crippen LogP contribution in [0, 0.1) is 0 Å². The number of esters is 1. The van der Waals surface area contributed by atoms with Gasteiger partial charge in [0.05, 0.1) is 25.2 Å². The highest BCUT2D eigenvalue weighted by Gasteiger charge is 2.23. The van der Waals surface area contributed by atoms with Crippen molar-refractivity contribution in [3.63, 3.8) is 0 Å². The molecule has 6 nitrogen and oxygen atoms in total. The number of carbonyl (C=O) groups is 2. The molecule has 6 heteroatoms. The number of rotatable bonds is 46. The molecule has 0 rings (SSSR count). The third kappa shape index (κ3) is 43.9. The molecule has 0 aliphatic carbocycles. The van der Waals surface area contributed by atoms with E-state index in [0.717, 1.165) is 77.0 Å². The number of ether oxygens (including phenoxy) is 1. The summed E-state index contributed by atoms with van der Waals surface area (Å²) < 4.78 is 5.82. The van der Waals surface area contributed by atoms with Gasteiger partial charge in [-0.05, 0) is 76.7 Å². The molecule has 1 amide bonds. The summed E-state index contributed by atoms with van der Waals surface area (Å²) in [7, 11) is 0. The van der Waals surface area contributed by atoms with E-state index < -0.39 is 18.2 Å². The smallest absolute Gasteiger partial charge is 0.306 e. The van der Waals surface area contributed by atoms with Crippen LogP contribution in [0.5, 0.6) is 0 Å². The lowest BCUT2D eigenvalue weighted by molar-refractivity contribution is -0.148. The summed E-state index contributed by atoms with van der Waals surface area (Å²) in [4.78, 5) is 26.1. The van der Waals surface area contributed by atoms with E-state index in [4.69, 9.17) is 4.74 Å². The second-order valence-electron chi connectivity index (χ2n) is 17.5. The number of amides is 1. The standard InChI is InChI=1S/C56H99NO5/c1-4-7-10-13-16-19-22-25-27-28-31-34-37-40-43-46-49-56(61)62-52(47-44-41-38-35-32-30-26-23-20-17-14-11-8-5-2)50-55(60)57-53(51-58)54(59)48-45-42-39-36-33-29-24-21-18-15-12-9-6-3/h8,11,17,20,26-28,30,35,38,44,47,52-54,58-59H,4-7,9-10,12-16,18-19,21-25,29,31-34,36-37,39-43,45-46,48-51H2,1-3H3,(H,57,60)/b11-8+,20-17+,28-27+,30-26+,38-35+,47-44+. The van der Waals surface area contributed by atoms with Crippen LogP contribution in [-0.2, 0) is 14.3 Å². The van der Waals surface area contributed by atoms with Crippen molar-refractivity contribution in [2.45, 2.75) is 264 Å². The van der Waals surface area contributed by atoms with Crippen molar-refractivity contribution in [1.82, 2.24) is 5.32 Å².